The van der Waals surface area contributed by atoms with Crippen molar-refractivity contribution in [2.75, 3.05) is 32.7 Å². The maximum absolute atomic E-state index is 12.5. The van der Waals surface area contributed by atoms with Crippen LogP contribution in [0.15, 0.2) is 48.5 Å². The molecular formula is C30H39N3O3. The fourth-order valence-corrected chi connectivity index (χ4v) is 5.52. The maximum atomic E-state index is 12.5. The lowest BCUT2D eigenvalue weighted by molar-refractivity contribution is -0.0356. The van der Waals surface area contributed by atoms with Crippen molar-refractivity contribution in [3.8, 4) is 17.2 Å². The van der Waals surface area contributed by atoms with Crippen LogP contribution < -0.4 is 0 Å². The smallest absolute Gasteiger partial charge is 0.410 e. The Bertz CT molecular complexity index is 1070. The number of carbonyl (C=O) groups excluding carboxylic acids is 1. The molecule has 2 aromatic carbocycles. The highest BCUT2D eigenvalue weighted by molar-refractivity contribution is 5.70. The molecule has 1 saturated carbocycles. The number of ether oxygens (including phenoxy) is 1. The number of hydrogen-bond acceptors (Lipinski definition) is 5. The van der Waals surface area contributed by atoms with Gasteiger partial charge in [0.05, 0.1) is 17.2 Å². The first-order chi connectivity index (χ1) is 17.2. The minimum atomic E-state index is -0.730. The van der Waals surface area contributed by atoms with Crippen LogP contribution in [-0.4, -0.2) is 64.9 Å². The average Bonchev–Trinajstić information content (AvgIpc) is 2.87. The van der Waals surface area contributed by atoms with E-state index in [1.807, 2.05) is 45.0 Å². The molecule has 0 radical (unpaired) electrons. The van der Waals surface area contributed by atoms with Crippen LogP contribution in [0.5, 0.6) is 0 Å². The van der Waals surface area contributed by atoms with Gasteiger partial charge in [-0.25, -0.2) is 4.79 Å². The van der Waals surface area contributed by atoms with E-state index in [-0.39, 0.29) is 12.0 Å². The third-order valence-electron chi connectivity index (χ3n) is 7.50. The number of piperazine rings is 1. The Kier molecular flexibility index (Phi) is 8.02. The van der Waals surface area contributed by atoms with Crippen LogP contribution in [0.2, 0.25) is 0 Å². The van der Waals surface area contributed by atoms with Crippen LogP contribution in [0.25, 0.3) is 11.1 Å². The number of benzene rings is 2. The van der Waals surface area contributed by atoms with Crippen molar-refractivity contribution in [2.24, 2.45) is 0 Å². The summed E-state index contributed by atoms with van der Waals surface area (Å²) in [4.78, 5) is 16.6. The van der Waals surface area contributed by atoms with Gasteiger partial charge in [0.2, 0.25) is 0 Å². The summed E-state index contributed by atoms with van der Waals surface area (Å²) in [5, 5.41) is 21.3. The van der Waals surface area contributed by atoms with E-state index in [2.05, 4.69) is 35.2 Å². The van der Waals surface area contributed by atoms with Crippen LogP contribution in [-0.2, 0) is 4.74 Å². The van der Waals surface area contributed by atoms with E-state index in [1.165, 1.54) is 6.42 Å². The minimum Gasteiger partial charge on any atom is -0.444 e. The molecule has 36 heavy (non-hydrogen) atoms. The molecule has 1 atom stereocenters. The van der Waals surface area contributed by atoms with Crippen LogP contribution in [0.4, 0.5) is 4.79 Å². The molecule has 0 aromatic heterocycles. The van der Waals surface area contributed by atoms with E-state index >= 15 is 0 Å². The van der Waals surface area contributed by atoms with Gasteiger partial charge in [0, 0.05) is 38.6 Å². The van der Waals surface area contributed by atoms with Gasteiger partial charge in [-0.3, -0.25) is 4.90 Å². The van der Waals surface area contributed by atoms with E-state index in [1.54, 1.807) is 4.90 Å². The van der Waals surface area contributed by atoms with E-state index in [0.717, 1.165) is 62.0 Å². The number of nitriles is 1. The van der Waals surface area contributed by atoms with Crippen LogP contribution >= 0.6 is 0 Å². The zero-order valence-electron chi connectivity index (χ0n) is 21.9. The van der Waals surface area contributed by atoms with Crippen molar-refractivity contribution < 1.29 is 14.6 Å². The second kappa shape index (κ2) is 11.0. The zero-order valence-corrected chi connectivity index (χ0v) is 21.9. The normalized spacial score (nSPS) is 19.4. The molecule has 4 rings (SSSR count). The second-order valence-electron chi connectivity index (χ2n) is 11.3. The molecule has 0 bridgehead atoms. The zero-order chi connectivity index (χ0) is 25.8. The van der Waals surface area contributed by atoms with Crippen molar-refractivity contribution in [2.45, 2.75) is 70.0 Å². The summed E-state index contributed by atoms with van der Waals surface area (Å²) in [5.41, 5.74) is 2.51. The molecule has 1 amide bonds. The lowest BCUT2D eigenvalue weighted by Crippen LogP contribution is -2.52. The minimum absolute atomic E-state index is 0.00821. The molecule has 1 N–H and O–H groups in total. The summed E-state index contributed by atoms with van der Waals surface area (Å²) in [6.07, 6.45) is 4.65. The SMILES string of the molecule is CC(C)(C)OC(=O)N1CCN(CC(c2ccc(-c3ccccc3C#N)cc2)C2(O)CCCCC2)CC1. The summed E-state index contributed by atoms with van der Waals surface area (Å²) in [6.45, 7) is 9.21. The summed E-state index contributed by atoms with van der Waals surface area (Å²) in [6, 6.07) is 18.3. The van der Waals surface area contributed by atoms with Gasteiger partial charge in [-0.1, -0.05) is 61.7 Å². The highest BCUT2D eigenvalue weighted by Crippen LogP contribution is 2.41. The van der Waals surface area contributed by atoms with Gasteiger partial charge in [-0.2, -0.15) is 5.26 Å². The number of amides is 1. The molecule has 6 nitrogen and oxygen atoms in total. The third kappa shape index (κ3) is 6.27. The molecular weight excluding hydrogens is 450 g/mol. The Balaban J connectivity index is 1.50. The number of nitrogens with zero attached hydrogens (tertiary/aromatic N) is 3. The molecule has 1 saturated heterocycles. The predicted molar refractivity (Wildman–Crippen MR) is 142 cm³/mol. The topological polar surface area (TPSA) is 76.8 Å². The Morgan fingerprint density at radius 1 is 1.03 bits per heavy atom. The first-order valence-corrected chi connectivity index (χ1v) is 13.2. The maximum Gasteiger partial charge on any atom is 0.410 e. The average molecular weight is 490 g/mol. The van der Waals surface area contributed by atoms with Crippen molar-refractivity contribution in [1.82, 2.24) is 9.80 Å². The molecule has 0 spiro atoms. The highest BCUT2D eigenvalue weighted by Gasteiger charge is 2.40. The fraction of sp³-hybridized carbons (Fsp3) is 0.533. The lowest BCUT2D eigenvalue weighted by atomic mass is 9.72. The van der Waals surface area contributed by atoms with Gasteiger partial charge in [-0.05, 0) is 56.4 Å². The Hall–Kier alpha value is -2.88. The van der Waals surface area contributed by atoms with Gasteiger partial charge in [0.25, 0.3) is 0 Å². The molecule has 6 heteroatoms. The van der Waals surface area contributed by atoms with Crippen molar-refractivity contribution in [3.05, 3.63) is 59.7 Å². The molecule has 1 aliphatic carbocycles. The van der Waals surface area contributed by atoms with Gasteiger partial charge in [0.15, 0.2) is 0 Å². The van der Waals surface area contributed by atoms with E-state index in [4.69, 9.17) is 4.74 Å². The summed E-state index contributed by atoms with van der Waals surface area (Å²) in [7, 11) is 0. The van der Waals surface area contributed by atoms with Gasteiger partial charge >= 0.3 is 6.09 Å². The highest BCUT2D eigenvalue weighted by atomic mass is 16.6. The second-order valence-corrected chi connectivity index (χ2v) is 11.3. The molecule has 2 aliphatic rings. The van der Waals surface area contributed by atoms with Crippen molar-refractivity contribution >= 4 is 6.09 Å². The third-order valence-corrected chi connectivity index (χ3v) is 7.50. The summed E-state index contributed by atoms with van der Waals surface area (Å²) < 4.78 is 5.55. The fourth-order valence-electron chi connectivity index (χ4n) is 5.52. The first kappa shape index (κ1) is 26.2. The monoisotopic (exact) mass is 489 g/mol. The summed E-state index contributed by atoms with van der Waals surface area (Å²) >= 11 is 0. The Morgan fingerprint density at radius 3 is 2.28 bits per heavy atom. The van der Waals surface area contributed by atoms with Crippen molar-refractivity contribution in [1.29, 1.82) is 5.26 Å². The molecule has 2 aromatic rings. The summed E-state index contributed by atoms with van der Waals surface area (Å²) in [5.74, 6) is -0.00821. The molecule has 1 heterocycles. The first-order valence-electron chi connectivity index (χ1n) is 13.2. The van der Waals surface area contributed by atoms with Crippen LogP contribution in [0.3, 0.4) is 0 Å². The van der Waals surface area contributed by atoms with Crippen LogP contribution in [0.1, 0.15) is 69.9 Å². The number of rotatable bonds is 5. The van der Waals surface area contributed by atoms with Gasteiger partial charge < -0.3 is 14.7 Å². The van der Waals surface area contributed by atoms with Gasteiger partial charge in [0.1, 0.15) is 5.60 Å². The lowest BCUT2D eigenvalue weighted by Gasteiger charge is -2.43. The predicted octanol–water partition coefficient (Wildman–Crippen LogP) is 5.56. The molecule has 1 unspecified atom stereocenters. The molecule has 2 fully saturated rings. The number of aliphatic hydroxyl groups is 1. The Labute approximate surface area is 215 Å². The largest absolute Gasteiger partial charge is 0.444 e. The molecule has 1 aliphatic heterocycles. The Morgan fingerprint density at radius 2 is 1.67 bits per heavy atom. The molecule has 192 valence electrons. The van der Waals surface area contributed by atoms with E-state index < -0.39 is 11.2 Å². The van der Waals surface area contributed by atoms with Gasteiger partial charge in [-0.15, -0.1) is 0 Å². The van der Waals surface area contributed by atoms with Crippen LogP contribution in [0, 0.1) is 11.3 Å². The van der Waals surface area contributed by atoms with E-state index in [0.29, 0.717) is 18.7 Å². The standard InChI is InChI=1S/C30H39N3O3/c1-29(2,3)36-28(34)33-19-17-32(18-20-33)22-27(30(35)15-7-4-8-16-30)24-13-11-23(12-14-24)26-10-6-5-9-25(26)21-31/h5-6,9-14,27,35H,4,7-8,15-20,22H2,1-3H3. The quantitative estimate of drug-likeness (QED) is 0.595. The van der Waals surface area contributed by atoms with E-state index in [9.17, 15) is 15.2 Å². The van der Waals surface area contributed by atoms with Crippen molar-refractivity contribution in [3.63, 3.8) is 0 Å². The number of carbonyl (C=O) groups is 1. The number of hydrogen-bond donors (Lipinski definition) is 1.